The number of amides is 1. The molecule has 0 aliphatic carbocycles. The van der Waals surface area contributed by atoms with E-state index < -0.39 is 5.60 Å². The third-order valence-corrected chi connectivity index (χ3v) is 3.97. The van der Waals surface area contributed by atoms with E-state index in [4.69, 9.17) is 23.2 Å². The Kier molecular flexibility index (Phi) is 3.85. The number of hydrogen-bond donors (Lipinski definition) is 1. The van der Waals surface area contributed by atoms with E-state index in [1.165, 1.54) is 0 Å². The summed E-state index contributed by atoms with van der Waals surface area (Å²) in [5.41, 5.74) is -0.335. The SMILES string of the molecule is CCCC1(O)CN(C(=O)c2cccc(Cl)c2Cl)C1. The van der Waals surface area contributed by atoms with Gasteiger partial charge >= 0.3 is 0 Å². The smallest absolute Gasteiger partial charge is 0.255 e. The van der Waals surface area contributed by atoms with Gasteiger partial charge in [0, 0.05) is 0 Å². The predicted molar refractivity (Wildman–Crippen MR) is 72.2 cm³/mol. The quantitative estimate of drug-likeness (QED) is 0.929. The fourth-order valence-corrected chi connectivity index (χ4v) is 2.65. The molecule has 5 heteroatoms. The van der Waals surface area contributed by atoms with Crippen LogP contribution in [0.25, 0.3) is 0 Å². The summed E-state index contributed by atoms with van der Waals surface area (Å²) in [4.78, 5) is 13.8. The van der Waals surface area contributed by atoms with Crippen LogP contribution in [-0.2, 0) is 0 Å². The van der Waals surface area contributed by atoms with E-state index in [2.05, 4.69) is 0 Å². The van der Waals surface area contributed by atoms with Crippen LogP contribution < -0.4 is 0 Å². The molecule has 1 aromatic carbocycles. The van der Waals surface area contributed by atoms with E-state index in [0.29, 0.717) is 30.1 Å². The molecule has 1 aromatic rings. The molecule has 0 radical (unpaired) electrons. The van der Waals surface area contributed by atoms with Gasteiger partial charge in [-0.05, 0) is 18.6 Å². The minimum absolute atomic E-state index is 0.178. The van der Waals surface area contributed by atoms with E-state index in [1.54, 1.807) is 23.1 Å². The number of benzene rings is 1. The highest BCUT2D eigenvalue weighted by atomic mass is 35.5. The second-order valence-electron chi connectivity index (χ2n) is 4.74. The molecule has 0 saturated carbocycles. The van der Waals surface area contributed by atoms with Crippen molar-refractivity contribution in [2.45, 2.75) is 25.4 Å². The van der Waals surface area contributed by atoms with Crippen LogP contribution in [0.2, 0.25) is 10.0 Å². The summed E-state index contributed by atoms with van der Waals surface area (Å²) in [6.45, 7) is 2.74. The van der Waals surface area contributed by atoms with Crippen molar-refractivity contribution in [1.29, 1.82) is 0 Å². The lowest BCUT2D eigenvalue weighted by molar-refractivity contribution is -0.0860. The van der Waals surface area contributed by atoms with Gasteiger partial charge in [-0.2, -0.15) is 0 Å². The molecular formula is C13H15Cl2NO2. The van der Waals surface area contributed by atoms with E-state index in [0.717, 1.165) is 6.42 Å². The first-order chi connectivity index (χ1) is 8.47. The normalized spacial score (nSPS) is 17.4. The molecule has 1 saturated heterocycles. The minimum Gasteiger partial charge on any atom is -0.386 e. The van der Waals surface area contributed by atoms with Gasteiger partial charge in [0.1, 0.15) is 0 Å². The van der Waals surface area contributed by atoms with Crippen molar-refractivity contribution in [1.82, 2.24) is 4.90 Å². The molecule has 1 fully saturated rings. The summed E-state index contributed by atoms with van der Waals surface area (Å²) in [7, 11) is 0. The summed E-state index contributed by atoms with van der Waals surface area (Å²) in [6.07, 6.45) is 1.61. The summed E-state index contributed by atoms with van der Waals surface area (Å²) in [5, 5.41) is 10.7. The first-order valence-electron chi connectivity index (χ1n) is 5.92. The predicted octanol–water partition coefficient (Wildman–Crippen LogP) is 2.98. The average Bonchev–Trinajstić information content (AvgIpc) is 2.29. The van der Waals surface area contributed by atoms with Gasteiger partial charge in [0.25, 0.3) is 5.91 Å². The maximum Gasteiger partial charge on any atom is 0.255 e. The van der Waals surface area contributed by atoms with Crippen molar-refractivity contribution in [3.63, 3.8) is 0 Å². The molecule has 0 unspecified atom stereocenters. The molecule has 0 atom stereocenters. The highest BCUT2D eigenvalue weighted by Gasteiger charge is 2.43. The Morgan fingerprint density at radius 2 is 2.11 bits per heavy atom. The summed E-state index contributed by atoms with van der Waals surface area (Å²) < 4.78 is 0. The van der Waals surface area contributed by atoms with E-state index in [9.17, 15) is 9.90 Å². The maximum absolute atomic E-state index is 12.2. The third kappa shape index (κ3) is 2.48. The van der Waals surface area contributed by atoms with Crippen LogP contribution in [0.5, 0.6) is 0 Å². The molecule has 1 N–H and O–H groups in total. The number of β-amino-alcohol motifs (C(OH)–C–C–N with tert-alkyl or cyclic N) is 1. The number of nitrogens with zero attached hydrogens (tertiary/aromatic N) is 1. The van der Waals surface area contributed by atoms with Crippen molar-refractivity contribution in [2.75, 3.05) is 13.1 Å². The van der Waals surface area contributed by atoms with Crippen LogP contribution in [-0.4, -0.2) is 34.6 Å². The Bertz CT molecular complexity index is 470. The minimum atomic E-state index is -0.727. The lowest BCUT2D eigenvalue weighted by atomic mass is 9.89. The molecule has 1 heterocycles. The molecule has 1 aliphatic heterocycles. The van der Waals surface area contributed by atoms with Gasteiger partial charge in [0.2, 0.25) is 0 Å². The van der Waals surface area contributed by atoms with E-state index in [1.807, 2.05) is 6.92 Å². The third-order valence-electron chi connectivity index (χ3n) is 3.15. The fraction of sp³-hybridized carbons (Fsp3) is 0.462. The Hall–Kier alpha value is -0.770. The van der Waals surface area contributed by atoms with Crippen molar-refractivity contribution in [3.05, 3.63) is 33.8 Å². The number of hydrogen-bond acceptors (Lipinski definition) is 2. The van der Waals surface area contributed by atoms with E-state index in [-0.39, 0.29) is 10.9 Å². The molecule has 2 rings (SSSR count). The Balaban J connectivity index is 2.08. The van der Waals surface area contributed by atoms with Crippen molar-refractivity contribution < 1.29 is 9.90 Å². The first kappa shape index (κ1) is 13.7. The molecule has 0 aromatic heterocycles. The monoisotopic (exact) mass is 287 g/mol. The lowest BCUT2D eigenvalue weighted by Gasteiger charge is -2.46. The van der Waals surface area contributed by atoms with Gasteiger partial charge in [0.05, 0.1) is 34.3 Å². The largest absolute Gasteiger partial charge is 0.386 e. The van der Waals surface area contributed by atoms with Crippen molar-refractivity contribution in [3.8, 4) is 0 Å². The van der Waals surface area contributed by atoms with Crippen LogP contribution in [0.15, 0.2) is 18.2 Å². The molecule has 0 bridgehead atoms. The Morgan fingerprint density at radius 1 is 1.44 bits per heavy atom. The average molecular weight is 288 g/mol. The highest BCUT2D eigenvalue weighted by molar-refractivity contribution is 6.43. The van der Waals surface area contributed by atoms with Gasteiger partial charge in [-0.3, -0.25) is 4.79 Å². The summed E-state index contributed by atoms with van der Waals surface area (Å²) >= 11 is 11.9. The van der Waals surface area contributed by atoms with Crippen LogP contribution in [0.4, 0.5) is 0 Å². The number of aliphatic hydroxyl groups is 1. The molecule has 3 nitrogen and oxygen atoms in total. The zero-order chi connectivity index (χ0) is 13.3. The number of likely N-dealkylation sites (tertiary alicyclic amines) is 1. The van der Waals surface area contributed by atoms with Gasteiger partial charge in [-0.1, -0.05) is 42.6 Å². The zero-order valence-corrected chi connectivity index (χ0v) is 11.6. The summed E-state index contributed by atoms with van der Waals surface area (Å²) in [5.74, 6) is -0.178. The first-order valence-corrected chi connectivity index (χ1v) is 6.68. The second-order valence-corrected chi connectivity index (χ2v) is 5.52. The number of halogens is 2. The van der Waals surface area contributed by atoms with Gasteiger partial charge in [-0.25, -0.2) is 0 Å². The standard InChI is InChI=1S/C13H15Cl2NO2/c1-2-6-13(18)7-16(8-13)12(17)9-4-3-5-10(14)11(9)15/h3-5,18H,2,6-8H2,1H3. The van der Waals surface area contributed by atoms with Crippen LogP contribution in [0.1, 0.15) is 30.1 Å². The molecular weight excluding hydrogens is 273 g/mol. The van der Waals surface area contributed by atoms with E-state index >= 15 is 0 Å². The van der Waals surface area contributed by atoms with Crippen molar-refractivity contribution >= 4 is 29.1 Å². The second kappa shape index (κ2) is 5.08. The fourth-order valence-electron chi connectivity index (χ4n) is 2.27. The van der Waals surface area contributed by atoms with Gasteiger partial charge in [-0.15, -0.1) is 0 Å². The number of rotatable bonds is 3. The number of carbonyl (C=O) groups excluding carboxylic acids is 1. The maximum atomic E-state index is 12.2. The molecule has 0 spiro atoms. The van der Waals surface area contributed by atoms with Crippen LogP contribution >= 0.6 is 23.2 Å². The number of carbonyl (C=O) groups is 1. The molecule has 98 valence electrons. The van der Waals surface area contributed by atoms with Crippen LogP contribution in [0, 0.1) is 0 Å². The zero-order valence-electron chi connectivity index (χ0n) is 10.1. The van der Waals surface area contributed by atoms with Gasteiger partial charge in [0.15, 0.2) is 0 Å². The Labute approximate surface area is 116 Å². The molecule has 18 heavy (non-hydrogen) atoms. The summed E-state index contributed by atoms with van der Waals surface area (Å²) in [6, 6.07) is 4.98. The molecule has 1 aliphatic rings. The highest BCUT2D eigenvalue weighted by Crippen LogP contribution is 2.31. The molecule has 1 amide bonds. The lowest BCUT2D eigenvalue weighted by Crippen LogP contribution is -2.63. The van der Waals surface area contributed by atoms with Gasteiger partial charge < -0.3 is 10.0 Å². The Morgan fingerprint density at radius 3 is 2.72 bits per heavy atom. The topological polar surface area (TPSA) is 40.5 Å². The van der Waals surface area contributed by atoms with Crippen molar-refractivity contribution in [2.24, 2.45) is 0 Å². The van der Waals surface area contributed by atoms with Crippen LogP contribution in [0.3, 0.4) is 0 Å².